The SMILES string of the molecule is COc1c(Cc2cc(Cl)cc(Cl)c2)c(C)cn1-c1cccn1CCO. The van der Waals surface area contributed by atoms with Crippen molar-refractivity contribution in [3.63, 3.8) is 0 Å². The van der Waals surface area contributed by atoms with E-state index in [2.05, 4.69) is 6.92 Å². The van der Waals surface area contributed by atoms with E-state index in [0.717, 1.165) is 28.4 Å². The zero-order chi connectivity index (χ0) is 18.0. The minimum Gasteiger partial charge on any atom is -0.482 e. The quantitative estimate of drug-likeness (QED) is 0.686. The molecular formula is C19H20Cl2N2O2. The van der Waals surface area contributed by atoms with Crippen LogP contribution in [0.3, 0.4) is 0 Å². The van der Waals surface area contributed by atoms with Gasteiger partial charge >= 0.3 is 0 Å². The number of aromatic nitrogens is 2. The predicted molar refractivity (Wildman–Crippen MR) is 101 cm³/mol. The van der Waals surface area contributed by atoms with E-state index in [1.807, 2.05) is 45.8 Å². The summed E-state index contributed by atoms with van der Waals surface area (Å²) in [6, 6.07) is 9.51. The van der Waals surface area contributed by atoms with Crippen molar-refractivity contribution in [1.29, 1.82) is 0 Å². The molecule has 0 saturated carbocycles. The molecule has 0 amide bonds. The van der Waals surface area contributed by atoms with Crippen molar-refractivity contribution in [3.05, 3.63) is 69.5 Å². The van der Waals surface area contributed by atoms with Gasteiger partial charge in [-0.05, 0) is 48.4 Å². The van der Waals surface area contributed by atoms with Gasteiger partial charge in [0.1, 0.15) is 5.82 Å². The number of ether oxygens (including phenoxy) is 1. The van der Waals surface area contributed by atoms with E-state index < -0.39 is 0 Å². The van der Waals surface area contributed by atoms with Crippen molar-refractivity contribution in [2.45, 2.75) is 19.9 Å². The highest BCUT2D eigenvalue weighted by Crippen LogP contribution is 2.32. The van der Waals surface area contributed by atoms with Crippen molar-refractivity contribution >= 4 is 23.2 Å². The van der Waals surface area contributed by atoms with Crippen LogP contribution >= 0.6 is 23.2 Å². The van der Waals surface area contributed by atoms with E-state index in [1.165, 1.54) is 0 Å². The predicted octanol–water partition coefficient (Wildman–Crippen LogP) is 4.49. The number of nitrogens with zero attached hydrogens (tertiary/aromatic N) is 2. The maximum atomic E-state index is 9.26. The summed E-state index contributed by atoms with van der Waals surface area (Å²) in [6.07, 6.45) is 4.66. The molecule has 132 valence electrons. The molecule has 0 aliphatic heterocycles. The molecule has 0 bridgehead atoms. The van der Waals surface area contributed by atoms with E-state index in [9.17, 15) is 5.11 Å². The van der Waals surface area contributed by atoms with Gasteiger partial charge in [-0.2, -0.15) is 0 Å². The van der Waals surface area contributed by atoms with E-state index in [-0.39, 0.29) is 6.61 Å². The fraction of sp³-hybridized carbons (Fsp3) is 0.263. The summed E-state index contributed by atoms with van der Waals surface area (Å²) in [4.78, 5) is 0. The van der Waals surface area contributed by atoms with Gasteiger partial charge in [0.2, 0.25) is 5.88 Å². The molecule has 1 aromatic carbocycles. The first-order valence-electron chi connectivity index (χ1n) is 7.99. The lowest BCUT2D eigenvalue weighted by Gasteiger charge is -2.13. The molecule has 0 aliphatic rings. The zero-order valence-corrected chi connectivity index (χ0v) is 15.7. The van der Waals surface area contributed by atoms with Gasteiger partial charge in [0, 0.05) is 41.0 Å². The third-order valence-corrected chi connectivity index (χ3v) is 4.60. The molecule has 2 heterocycles. The van der Waals surface area contributed by atoms with Crippen LogP contribution in [0.5, 0.6) is 5.88 Å². The number of rotatable bonds is 6. The molecule has 2 aromatic heterocycles. The van der Waals surface area contributed by atoms with Crippen LogP contribution in [-0.4, -0.2) is 28.0 Å². The number of aliphatic hydroxyl groups is 1. The summed E-state index contributed by atoms with van der Waals surface area (Å²) < 4.78 is 9.70. The molecule has 0 atom stereocenters. The lowest BCUT2D eigenvalue weighted by molar-refractivity contribution is 0.275. The number of methoxy groups -OCH3 is 1. The fourth-order valence-electron chi connectivity index (χ4n) is 3.09. The third kappa shape index (κ3) is 3.71. The molecule has 0 unspecified atom stereocenters. The second-order valence-corrected chi connectivity index (χ2v) is 6.78. The first-order valence-corrected chi connectivity index (χ1v) is 8.75. The number of aliphatic hydroxyl groups excluding tert-OH is 1. The first kappa shape index (κ1) is 17.9. The van der Waals surface area contributed by atoms with Gasteiger partial charge in [0.05, 0.1) is 13.7 Å². The largest absolute Gasteiger partial charge is 0.482 e. The molecule has 0 fully saturated rings. The number of aryl methyl sites for hydroxylation is 1. The number of benzene rings is 1. The maximum absolute atomic E-state index is 9.26. The van der Waals surface area contributed by atoms with Gasteiger partial charge in [-0.25, -0.2) is 0 Å². The lowest BCUT2D eigenvalue weighted by Crippen LogP contribution is -2.08. The molecule has 3 rings (SSSR count). The summed E-state index contributed by atoms with van der Waals surface area (Å²) in [5, 5.41) is 10.5. The van der Waals surface area contributed by atoms with E-state index in [1.54, 1.807) is 13.2 Å². The Morgan fingerprint density at radius 1 is 1.16 bits per heavy atom. The summed E-state index contributed by atoms with van der Waals surface area (Å²) in [5.74, 6) is 1.72. The normalized spacial score (nSPS) is 11.1. The highest BCUT2D eigenvalue weighted by Gasteiger charge is 2.18. The number of hydrogen-bond acceptors (Lipinski definition) is 2. The summed E-state index contributed by atoms with van der Waals surface area (Å²) >= 11 is 12.2. The first-order chi connectivity index (χ1) is 12.0. The van der Waals surface area contributed by atoms with Crippen LogP contribution < -0.4 is 4.74 Å². The molecule has 3 aromatic rings. The second kappa shape index (κ2) is 7.56. The molecule has 0 radical (unpaired) electrons. The fourth-order valence-corrected chi connectivity index (χ4v) is 3.66. The van der Waals surface area contributed by atoms with Crippen LogP contribution in [0.2, 0.25) is 10.0 Å². The Bertz CT molecular complexity index is 863. The van der Waals surface area contributed by atoms with Gasteiger partial charge in [-0.15, -0.1) is 0 Å². The molecule has 6 heteroatoms. The van der Waals surface area contributed by atoms with Gasteiger partial charge < -0.3 is 14.4 Å². The highest BCUT2D eigenvalue weighted by atomic mass is 35.5. The van der Waals surface area contributed by atoms with Gasteiger partial charge in [0.25, 0.3) is 0 Å². The molecule has 0 saturated heterocycles. The Kier molecular flexibility index (Phi) is 5.42. The van der Waals surface area contributed by atoms with Gasteiger partial charge in [-0.1, -0.05) is 23.2 Å². The average Bonchev–Trinajstić information content (AvgIpc) is 3.12. The molecular weight excluding hydrogens is 359 g/mol. The van der Waals surface area contributed by atoms with Crippen molar-refractivity contribution < 1.29 is 9.84 Å². The van der Waals surface area contributed by atoms with Crippen LogP contribution in [0.25, 0.3) is 5.82 Å². The van der Waals surface area contributed by atoms with Crippen molar-refractivity contribution in [1.82, 2.24) is 9.13 Å². The Morgan fingerprint density at radius 3 is 2.52 bits per heavy atom. The molecule has 4 nitrogen and oxygen atoms in total. The minimum atomic E-state index is 0.0815. The molecule has 1 N–H and O–H groups in total. The zero-order valence-electron chi connectivity index (χ0n) is 14.2. The smallest absolute Gasteiger partial charge is 0.202 e. The summed E-state index contributed by atoms with van der Waals surface area (Å²) in [6.45, 7) is 2.67. The highest BCUT2D eigenvalue weighted by molar-refractivity contribution is 6.34. The second-order valence-electron chi connectivity index (χ2n) is 5.91. The topological polar surface area (TPSA) is 39.3 Å². The van der Waals surface area contributed by atoms with Crippen LogP contribution in [0.15, 0.2) is 42.7 Å². The van der Waals surface area contributed by atoms with Crippen molar-refractivity contribution in [3.8, 4) is 11.7 Å². The van der Waals surface area contributed by atoms with E-state index >= 15 is 0 Å². The van der Waals surface area contributed by atoms with Crippen LogP contribution in [0, 0.1) is 6.92 Å². The standard InChI is InChI=1S/C19H20Cl2N2O2/c1-13-12-23(18-4-3-5-22(18)6-7-24)19(25-2)17(13)10-14-8-15(20)11-16(21)9-14/h3-5,8-9,11-12,24H,6-7,10H2,1-2H3. The van der Waals surface area contributed by atoms with Crippen LogP contribution in [-0.2, 0) is 13.0 Å². The molecule has 0 aliphatic carbocycles. The van der Waals surface area contributed by atoms with Crippen molar-refractivity contribution in [2.24, 2.45) is 0 Å². The van der Waals surface area contributed by atoms with Crippen molar-refractivity contribution in [2.75, 3.05) is 13.7 Å². The Hall–Kier alpha value is -1.88. The molecule has 0 spiro atoms. The Morgan fingerprint density at radius 2 is 1.88 bits per heavy atom. The maximum Gasteiger partial charge on any atom is 0.202 e. The molecule has 25 heavy (non-hydrogen) atoms. The van der Waals surface area contributed by atoms with Crippen LogP contribution in [0.4, 0.5) is 0 Å². The van der Waals surface area contributed by atoms with Gasteiger partial charge in [-0.3, -0.25) is 4.57 Å². The average molecular weight is 379 g/mol. The van der Waals surface area contributed by atoms with E-state index in [0.29, 0.717) is 23.0 Å². The lowest BCUT2D eigenvalue weighted by atomic mass is 10.0. The summed E-state index contributed by atoms with van der Waals surface area (Å²) in [5.41, 5.74) is 3.23. The number of hydrogen-bond donors (Lipinski definition) is 1. The van der Waals surface area contributed by atoms with E-state index in [4.69, 9.17) is 27.9 Å². The third-order valence-electron chi connectivity index (χ3n) is 4.17. The summed E-state index contributed by atoms with van der Waals surface area (Å²) in [7, 11) is 1.67. The van der Waals surface area contributed by atoms with Gasteiger partial charge in [0.15, 0.2) is 0 Å². The monoisotopic (exact) mass is 378 g/mol. The number of halogens is 2. The Labute approximate surface area is 157 Å². The minimum absolute atomic E-state index is 0.0815. The Balaban J connectivity index is 2.03. The van der Waals surface area contributed by atoms with Crippen LogP contribution in [0.1, 0.15) is 16.7 Å².